The third kappa shape index (κ3) is 3.38. The van der Waals surface area contributed by atoms with Crippen LogP contribution in [0.1, 0.15) is 56.7 Å². The van der Waals surface area contributed by atoms with Gasteiger partial charge in [-0.1, -0.05) is 38.5 Å². The van der Waals surface area contributed by atoms with Crippen LogP contribution in [-0.2, 0) is 25.6 Å². The fourth-order valence-electron chi connectivity index (χ4n) is 3.61. The molecule has 0 amide bonds. The average Bonchev–Trinajstić information content (AvgIpc) is 3.02. The number of ether oxygens (including phenoxy) is 4. The maximum absolute atomic E-state index is 6.34. The van der Waals surface area contributed by atoms with E-state index >= 15 is 0 Å². The largest absolute Gasteiger partial charge is 0.368 e. The molecular formula is C20H30O4. The Morgan fingerprint density at radius 2 is 1.83 bits per heavy atom. The van der Waals surface area contributed by atoms with Gasteiger partial charge < -0.3 is 18.9 Å². The molecule has 2 fully saturated rings. The van der Waals surface area contributed by atoms with Gasteiger partial charge in [0.05, 0.1) is 12.7 Å². The van der Waals surface area contributed by atoms with Crippen molar-refractivity contribution in [3.63, 3.8) is 0 Å². The van der Waals surface area contributed by atoms with Crippen LogP contribution < -0.4 is 0 Å². The van der Waals surface area contributed by atoms with Crippen molar-refractivity contribution in [2.75, 3.05) is 0 Å². The van der Waals surface area contributed by atoms with Gasteiger partial charge in [-0.3, -0.25) is 0 Å². The summed E-state index contributed by atoms with van der Waals surface area (Å²) in [6.45, 7) is 11.1. The van der Waals surface area contributed by atoms with Crippen LogP contribution in [0.5, 0.6) is 0 Å². The number of fused-ring (bicyclic) bond motifs is 1. The van der Waals surface area contributed by atoms with Crippen LogP contribution >= 0.6 is 0 Å². The second-order valence-electron chi connectivity index (χ2n) is 7.17. The number of hydrogen-bond donors (Lipinski definition) is 0. The number of hydrogen-bond acceptors (Lipinski definition) is 4. The van der Waals surface area contributed by atoms with Gasteiger partial charge in [0.1, 0.15) is 12.2 Å². The van der Waals surface area contributed by atoms with Crippen molar-refractivity contribution in [1.29, 1.82) is 0 Å². The molecule has 4 nitrogen and oxygen atoms in total. The summed E-state index contributed by atoms with van der Waals surface area (Å²) >= 11 is 0. The second kappa shape index (κ2) is 7.12. The standard InChI is InChI=1S/C20H30O4/c1-6-9-16-17(18-19(22-16)24-20(5,7-2)23-18)21-12-15-13(3)10-8-11-14(15)4/h8,10-11,16-19H,6-7,9,12H2,1-5H3/t16-,17+,18-,19-,20?/m1/s1. The Morgan fingerprint density at radius 1 is 1.12 bits per heavy atom. The van der Waals surface area contributed by atoms with E-state index in [-0.39, 0.29) is 24.6 Å². The smallest absolute Gasteiger partial charge is 0.190 e. The Kier molecular flexibility index (Phi) is 5.30. The van der Waals surface area contributed by atoms with Gasteiger partial charge >= 0.3 is 0 Å². The summed E-state index contributed by atoms with van der Waals surface area (Å²) in [5.41, 5.74) is 3.78. The molecule has 4 heteroatoms. The van der Waals surface area contributed by atoms with Crippen molar-refractivity contribution in [2.24, 2.45) is 0 Å². The molecule has 3 rings (SSSR count). The van der Waals surface area contributed by atoms with Crippen LogP contribution in [0.25, 0.3) is 0 Å². The van der Waals surface area contributed by atoms with Crippen LogP contribution in [0.4, 0.5) is 0 Å². The second-order valence-corrected chi connectivity index (χ2v) is 7.17. The first kappa shape index (κ1) is 17.9. The zero-order valence-corrected chi connectivity index (χ0v) is 15.5. The molecule has 0 spiro atoms. The number of benzene rings is 1. The summed E-state index contributed by atoms with van der Waals surface area (Å²) in [5, 5.41) is 0. The highest BCUT2D eigenvalue weighted by molar-refractivity contribution is 5.32. The van der Waals surface area contributed by atoms with Crippen LogP contribution in [0.15, 0.2) is 18.2 Å². The minimum absolute atomic E-state index is 0.0377. The van der Waals surface area contributed by atoms with Gasteiger partial charge in [0, 0.05) is 0 Å². The lowest BCUT2D eigenvalue weighted by Crippen LogP contribution is -2.37. The molecule has 2 heterocycles. The lowest BCUT2D eigenvalue weighted by atomic mass is 10.0. The van der Waals surface area contributed by atoms with E-state index in [9.17, 15) is 0 Å². The van der Waals surface area contributed by atoms with Gasteiger partial charge in [-0.05, 0) is 50.3 Å². The van der Waals surface area contributed by atoms with Gasteiger partial charge in [-0.15, -0.1) is 0 Å². The molecule has 2 aliphatic rings. The molecule has 1 unspecified atom stereocenters. The van der Waals surface area contributed by atoms with Gasteiger partial charge in [-0.25, -0.2) is 0 Å². The van der Waals surface area contributed by atoms with Gasteiger partial charge in [0.15, 0.2) is 12.1 Å². The normalized spacial score (nSPS) is 35.4. The van der Waals surface area contributed by atoms with E-state index in [2.05, 4.69) is 45.9 Å². The maximum Gasteiger partial charge on any atom is 0.190 e. The predicted molar refractivity (Wildman–Crippen MR) is 92.7 cm³/mol. The number of aryl methyl sites for hydroxylation is 2. The Balaban J connectivity index is 1.73. The molecule has 5 atom stereocenters. The highest BCUT2D eigenvalue weighted by Gasteiger charge is 2.55. The van der Waals surface area contributed by atoms with E-state index in [0.717, 1.165) is 19.3 Å². The molecule has 0 aliphatic carbocycles. The van der Waals surface area contributed by atoms with E-state index in [1.807, 2.05) is 6.92 Å². The van der Waals surface area contributed by atoms with Crippen LogP contribution in [0.3, 0.4) is 0 Å². The summed E-state index contributed by atoms with van der Waals surface area (Å²) < 4.78 is 24.6. The van der Waals surface area contributed by atoms with Crippen molar-refractivity contribution in [3.8, 4) is 0 Å². The topological polar surface area (TPSA) is 36.9 Å². The Labute approximate surface area is 145 Å². The summed E-state index contributed by atoms with van der Waals surface area (Å²) in [4.78, 5) is 0. The monoisotopic (exact) mass is 334 g/mol. The van der Waals surface area contributed by atoms with Crippen molar-refractivity contribution in [2.45, 2.75) is 90.9 Å². The van der Waals surface area contributed by atoms with Crippen molar-refractivity contribution in [3.05, 3.63) is 34.9 Å². The highest BCUT2D eigenvalue weighted by Crippen LogP contribution is 2.41. The molecule has 0 saturated carbocycles. The summed E-state index contributed by atoms with van der Waals surface area (Å²) in [5.74, 6) is -0.563. The van der Waals surface area contributed by atoms with Crippen LogP contribution in [0.2, 0.25) is 0 Å². The summed E-state index contributed by atoms with van der Waals surface area (Å²) in [7, 11) is 0. The quantitative estimate of drug-likeness (QED) is 0.779. The maximum atomic E-state index is 6.34. The van der Waals surface area contributed by atoms with E-state index in [1.165, 1.54) is 16.7 Å². The zero-order valence-electron chi connectivity index (χ0n) is 15.5. The predicted octanol–water partition coefficient (Wildman–Crippen LogP) is 4.26. The molecular weight excluding hydrogens is 304 g/mol. The minimum Gasteiger partial charge on any atom is -0.368 e. The van der Waals surface area contributed by atoms with E-state index in [4.69, 9.17) is 18.9 Å². The Bertz CT molecular complexity index is 553. The molecule has 2 aliphatic heterocycles. The molecule has 0 aromatic heterocycles. The molecule has 134 valence electrons. The number of rotatable bonds is 6. The van der Waals surface area contributed by atoms with Crippen molar-refractivity contribution >= 4 is 0 Å². The van der Waals surface area contributed by atoms with Gasteiger partial charge in [0.25, 0.3) is 0 Å². The molecule has 1 aromatic rings. The molecule has 0 bridgehead atoms. The molecule has 1 aromatic carbocycles. The lowest BCUT2D eigenvalue weighted by Gasteiger charge is -2.27. The fourth-order valence-corrected chi connectivity index (χ4v) is 3.61. The first-order valence-corrected chi connectivity index (χ1v) is 9.15. The Hall–Kier alpha value is -0.940. The summed E-state index contributed by atoms with van der Waals surface area (Å²) in [6, 6.07) is 6.35. The average molecular weight is 334 g/mol. The minimum atomic E-state index is -0.563. The van der Waals surface area contributed by atoms with Crippen LogP contribution in [0, 0.1) is 13.8 Å². The third-order valence-corrected chi connectivity index (χ3v) is 5.30. The van der Waals surface area contributed by atoms with E-state index in [0.29, 0.717) is 6.61 Å². The Morgan fingerprint density at radius 3 is 2.46 bits per heavy atom. The van der Waals surface area contributed by atoms with E-state index < -0.39 is 5.79 Å². The van der Waals surface area contributed by atoms with E-state index in [1.54, 1.807) is 0 Å². The third-order valence-electron chi connectivity index (χ3n) is 5.30. The van der Waals surface area contributed by atoms with Crippen LogP contribution in [-0.4, -0.2) is 30.4 Å². The molecule has 2 saturated heterocycles. The zero-order chi connectivity index (χ0) is 17.3. The highest BCUT2D eigenvalue weighted by atomic mass is 16.8. The fraction of sp³-hybridized carbons (Fsp3) is 0.700. The SMILES string of the molecule is CCC[C@H]1O[C@@H]2OC(C)(CC)O[C@@H]2[C@H]1OCc1c(C)cccc1C. The van der Waals surface area contributed by atoms with Crippen molar-refractivity contribution < 1.29 is 18.9 Å². The molecule has 24 heavy (non-hydrogen) atoms. The molecule has 0 N–H and O–H groups in total. The summed E-state index contributed by atoms with van der Waals surface area (Å²) in [6.07, 6.45) is 2.31. The van der Waals surface area contributed by atoms with Crippen molar-refractivity contribution in [1.82, 2.24) is 0 Å². The van der Waals surface area contributed by atoms with Gasteiger partial charge in [-0.2, -0.15) is 0 Å². The van der Waals surface area contributed by atoms with Gasteiger partial charge in [0.2, 0.25) is 0 Å². The first-order valence-electron chi connectivity index (χ1n) is 9.15. The molecule has 0 radical (unpaired) electrons. The lowest BCUT2D eigenvalue weighted by molar-refractivity contribution is -0.229. The first-order chi connectivity index (χ1) is 11.5.